The summed E-state index contributed by atoms with van der Waals surface area (Å²) in [5.74, 6) is 0.723. The molecule has 0 saturated heterocycles. The smallest absolute Gasteiger partial charge is 0.315 e. The fourth-order valence-electron chi connectivity index (χ4n) is 2.93. The summed E-state index contributed by atoms with van der Waals surface area (Å²) in [4.78, 5) is 19.8. The Bertz CT molecular complexity index is 621. The number of hydrogen-bond acceptors (Lipinski definition) is 3. The number of carbonyl (C=O) groups is 1. The molecule has 1 heterocycles. The number of para-hydroxylation sites is 2. The van der Waals surface area contributed by atoms with Crippen LogP contribution in [0.2, 0.25) is 0 Å². The van der Waals surface area contributed by atoms with Crippen molar-refractivity contribution < 1.29 is 9.90 Å². The van der Waals surface area contributed by atoms with E-state index in [1.54, 1.807) is 0 Å². The van der Waals surface area contributed by atoms with Crippen molar-refractivity contribution in [2.24, 2.45) is 0 Å². The van der Waals surface area contributed by atoms with Crippen LogP contribution in [0, 0.1) is 0 Å². The van der Waals surface area contributed by atoms with Gasteiger partial charge in [-0.2, -0.15) is 0 Å². The molecular formula is C16H22N4O2. The van der Waals surface area contributed by atoms with E-state index in [1.807, 2.05) is 31.2 Å². The SMILES string of the molecule is CC(NC(=O)NC1CCCCC1O)c1nc2ccccc2[nH]1. The molecule has 1 aromatic heterocycles. The lowest BCUT2D eigenvalue weighted by Crippen LogP contribution is -2.49. The van der Waals surface area contributed by atoms with Gasteiger partial charge in [0.05, 0.1) is 29.2 Å². The van der Waals surface area contributed by atoms with E-state index < -0.39 is 6.10 Å². The lowest BCUT2D eigenvalue weighted by molar-refractivity contribution is 0.0940. The van der Waals surface area contributed by atoms with E-state index in [0.29, 0.717) is 0 Å². The molecule has 3 unspecified atom stereocenters. The Morgan fingerprint density at radius 3 is 2.91 bits per heavy atom. The highest BCUT2D eigenvalue weighted by atomic mass is 16.3. The molecule has 1 aromatic carbocycles. The lowest BCUT2D eigenvalue weighted by Gasteiger charge is -2.28. The van der Waals surface area contributed by atoms with E-state index >= 15 is 0 Å². The van der Waals surface area contributed by atoms with Crippen LogP contribution in [0.15, 0.2) is 24.3 Å². The van der Waals surface area contributed by atoms with Gasteiger partial charge in [0.2, 0.25) is 0 Å². The summed E-state index contributed by atoms with van der Waals surface area (Å²) in [6, 6.07) is 7.11. The van der Waals surface area contributed by atoms with Crippen molar-refractivity contribution in [3.05, 3.63) is 30.1 Å². The third kappa shape index (κ3) is 3.22. The standard InChI is InChI=1S/C16H22N4O2/c1-10(15-18-11-6-2-3-7-12(11)19-15)17-16(22)20-13-8-4-5-9-14(13)21/h2-3,6-7,10,13-14,21H,4-5,8-9H2,1H3,(H,18,19)(H2,17,20,22). The summed E-state index contributed by atoms with van der Waals surface area (Å²) in [5, 5.41) is 15.6. The van der Waals surface area contributed by atoms with Gasteiger partial charge < -0.3 is 20.7 Å². The number of rotatable bonds is 3. The van der Waals surface area contributed by atoms with Gasteiger partial charge in [0, 0.05) is 0 Å². The molecular weight excluding hydrogens is 280 g/mol. The minimum Gasteiger partial charge on any atom is -0.391 e. The average molecular weight is 302 g/mol. The molecule has 1 aliphatic carbocycles. The van der Waals surface area contributed by atoms with Crippen LogP contribution in [0.1, 0.15) is 44.5 Å². The topological polar surface area (TPSA) is 90.0 Å². The van der Waals surface area contributed by atoms with Gasteiger partial charge in [-0.1, -0.05) is 25.0 Å². The van der Waals surface area contributed by atoms with Crippen LogP contribution in [0.5, 0.6) is 0 Å². The fourth-order valence-corrected chi connectivity index (χ4v) is 2.93. The van der Waals surface area contributed by atoms with E-state index in [2.05, 4.69) is 20.6 Å². The quantitative estimate of drug-likeness (QED) is 0.701. The highest BCUT2D eigenvalue weighted by Gasteiger charge is 2.25. The van der Waals surface area contributed by atoms with Gasteiger partial charge in [0.25, 0.3) is 0 Å². The first kappa shape index (κ1) is 14.8. The maximum atomic E-state index is 12.1. The van der Waals surface area contributed by atoms with Crippen molar-refractivity contribution in [1.82, 2.24) is 20.6 Å². The zero-order chi connectivity index (χ0) is 15.5. The van der Waals surface area contributed by atoms with Crippen LogP contribution in [0.25, 0.3) is 11.0 Å². The molecule has 2 aromatic rings. The molecule has 0 radical (unpaired) electrons. The van der Waals surface area contributed by atoms with Gasteiger partial charge in [-0.25, -0.2) is 9.78 Å². The molecule has 1 aliphatic rings. The van der Waals surface area contributed by atoms with E-state index in [9.17, 15) is 9.90 Å². The number of aromatic amines is 1. The highest BCUT2D eigenvalue weighted by molar-refractivity contribution is 5.76. The molecule has 1 saturated carbocycles. The Hall–Kier alpha value is -2.08. The van der Waals surface area contributed by atoms with Crippen molar-refractivity contribution in [2.45, 2.75) is 50.8 Å². The normalized spacial score (nSPS) is 23.2. The zero-order valence-electron chi connectivity index (χ0n) is 12.7. The van der Waals surface area contributed by atoms with Crippen LogP contribution >= 0.6 is 0 Å². The summed E-state index contributed by atoms with van der Waals surface area (Å²) >= 11 is 0. The van der Waals surface area contributed by atoms with Crippen LogP contribution in [0.4, 0.5) is 4.79 Å². The van der Waals surface area contributed by atoms with Crippen LogP contribution in [0.3, 0.4) is 0 Å². The molecule has 0 bridgehead atoms. The molecule has 6 heteroatoms. The molecule has 118 valence electrons. The molecule has 6 nitrogen and oxygen atoms in total. The van der Waals surface area contributed by atoms with Gasteiger partial charge in [0.15, 0.2) is 0 Å². The molecule has 0 spiro atoms. The first-order valence-corrected chi connectivity index (χ1v) is 7.83. The zero-order valence-corrected chi connectivity index (χ0v) is 12.7. The summed E-state index contributed by atoms with van der Waals surface area (Å²) in [6.07, 6.45) is 3.20. The second kappa shape index (κ2) is 6.36. The number of hydrogen-bond donors (Lipinski definition) is 4. The molecule has 1 fully saturated rings. The van der Waals surface area contributed by atoms with Crippen LogP contribution in [-0.2, 0) is 0 Å². The maximum absolute atomic E-state index is 12.1. The second-order valence-corrected chi connectivity index (χ2v) is 5.94. The van der Waals surface area contributed by atoms with Crippen LogP contribution < -0.4 is 10.6 Å². The minimum absolute atomic E-state index is 0.156. The number of benzene rings is 1. The number of aliphatic hydroxyl groups excluding tert-OH is 1. The highest BCUT2D eigenvalue weighted by Crippen LogP contribution is 2.19. The maximum Gasteiger partial charge on any atom is 0.315 e. The number of H-pyrrole nitrogens is 1. The number of nitrogens with zero attached hydrogens (tertiary/aromatic N) is 1. The summed E-state index contributed by atoms with van der Waals surface area (Å²) in [5.41, 5.74) is 1.84. The van der Waals surface area contributed by atoms with E-state index in [0.717, 1.165) is 42.5 Å². The lowest BCUT2D eigenvalue weighted by atomic mass is 9.93. The fraction of sp³-hybridized carbons (Fsp3) is 0.500. The first-order chi connectivity index (χ1) is 10.6. The summed E-state index contributed by atoms with van der Waals surface area (Å²) < 4.78 is 0. The van der Waals surface area contributed by atoms with Crippen molar-refractivity contribution >= 4 is 17.1 Å². The molecule has 4 N–H and O–H groups in total. The number of nitrogens with one attached hydrogen (secondary N) is 3. The van der Waals surface area contributed by atoms with Crippen molar-refractivity contribution in [1.29, 1.82) is 0 Å². The number of urea groups is 1. The number of carbonyl (C=O) groups excluding carboxylic acids is 1. The van der Waals surface area contributed by atoms with E-state index in [1.165, 1.54) is 0 Å². The number of imidazole rings is 1. The Labute approximate surface area is 129 Å². The van der Waals surface area contributed by atoms with E-state index in [-0.39, 0.29) is 18.1 Å². The van der Waals surface area contributed by atoms with Gasteiger partial charge in [-0.3, -0.25) is 0 Å². The molecule has 3 rings (SSSR count). The average Bonchev–Trinajstić information content (AvgIpc) is 2.93. The Morgan fingerprint density at radius 2 is 2.14 bits per heavy atom. The number of fused-ring (bicyclic) bond motifs is 1. The molecule has 0 aliphatic heterocycles. The Kier molecular flexibility index (Phi) is 4.29. The van der Waals surface area contributed by atoms with Crippen molar-refractivity contribution in [2.75, 3.05) is 0 Å². The molecule has 3 atom stereocenters. The first-order valence-electron chi connectivity index (χ1n) is 7.83. The molecule has 2 amide bonds. The number of aromatic nitrogens is 2. The van der Waals surface area contributed by atoms with Crippen LogP contribution in [-0.4, -0.2) is 33.3 Å². The summed E-state index contributed by atoms with van der Waals surface area (Å²) in [7, 11) is 0. The van der Waals surface area contributed by atoms with Crippen molar-refractivity contribution in [3.8, 4) is 0 Å². The van der Waals surface area contributed by atoms with Gasteiger partial charge in [-0.15, -0.1) is 0 Å². The van der Waals surface area contributed by atoms with Gasteiger partial charge in [0.1, 0.15) is 5.82 Å². The predicted molar refractivity (Wildman–Crippen MR) is 84.4 cm³/mol. The second-order valence-electron chi connectivity index (χ2n) is 5.94. The third-order valence-electron chi connectivity index (χ3n) is 4.21. The monoisotopic (exact) mass is 302 g/mol. The Balaban J connectivity index is 1.60. The Morgan fingerprint density at radius 1 is 1.36 bits per heavy atom. The van der Waals surface area contributed by atoms with E-state index in [4.69, 9.17) is 0 Å². The summed E-state index contributed by atoms with van der Waals surface area (Å²) in [6.45, 7) is 1.88. The van der Waals surface area contributed by atoms with Crippen molar-refractivity contribution in [3.63, 3.8) is 0 Å². The van der Waals surface area contributed by atoms with Gasteiger partial charge >= 0.3 is 6.03 Å². The molecule has 22 heavy (non-hydrogen) atoms. The number of aliphatic hydroxyl groups is 1. The third-order valence-corrected chi connectivity index (χ3v) is 4.21. The largest absolute Gasteiger partial charge is 0.391 e. The van der Waals surface area contributed by atoms with Gasteiger partial charge in [-0.05, 0) is 31.9 Å². The predicted octanol–water partition coefficient (Wildman–Crippen LogP) is 2.23. The number of amides is 2. The minimum atomic E-state index is -0.444.